The van der Waals surface area contributed by atoms with Gasteiger partial charge in [-0.05, 0) is 51.2 Å². The van der Waals surface area contributed by atoms with Gasteiger partial charge in [-0.2, -0.15) is 5.10 Å². The number of pyridine rings is 1. The van der Waals surface area contributed by atoms with E-state index in [1.807, 2.05) is 32.0 Å². The Labute approximate surface area is 130 Å². The van der Waals surface area contributed by atoms with Crippen LogP contribution in [0.4, 0.5) is 0 Å². The fraction of sp³-hybridized carbons (Fsp3) is 0.267. The summed E-state index contributed by atoms with van der Waals surface area (Å²) in [4.78, 5) is 4.39. The van der Waals surface area contributed by atoms with E-state index >= 15 is 0 Å². The Kier molecular flexibility index (Phi) is 5.05. The van der Waals surface area contributed by atoms with Crippen LogP contribution in [0.25, 0.3) is 5.82 Å². The molecule has 0 aromatic carbocycles. The molecule has 5 nitrogen and oxygen atoms in total. The third-order valence-electron chi connectivity index (χ3n) is 3.06. The summed E-state index contributed by atoms with van der Waals surface area (Å²) < 4.78 is 2.10. The summed E-state index contributed by atoms with van der Waals surface area (Å²) in [5.74, 6) is 0.906. The summed E-state index contributed by atoms with van der Waals surface area (Å²) in [5.41, 5.74) is 6.03. The molecule has 21 heavy (non-hydrogen) atoms. The van der Waals surface area contributed by atoms with Crippen LogP contribution in [-0.2, 0) is 0 Å². The maximum Gasteiger partial charge on any atom is 0.186 e. The molecule has 2 aromatic heterocycles. The monoisotopic (exact) mass is 301 g/mol. The van der Waals surface area contributed by atoms with Gasteiger partial charge < -0.3 is 9.88 Å². The average Bonchev–Trinajstić information content (AvgIpc) is 2.75. The lowest BCUT2D eigenvalue weighted by atomic mass is 10.3. The van der Waals surface area contributed by atoms with E-state index in [1.165, 1.54) is 0 Å². The van der Waals surface area contributed by atoms with Crippen LogP contribution in [0.15, 0.2) is 35.6 Å². The molecule has 0 saturated heterocycles. The zero-order chi connectivity index (χ0) is 15.2. The van der Waals surface area contributed by atoms with E-state index in [1.54, 1.807) is 12.4 Å². The molecule has 2 N–H and O–H groups in total. The molecule has 6 heteroatoms. The number of hydrazone groups is 1. The molecule has 110 valence electrons. The third-order valence-corrected chi connectivity index (χ3v) is 3.29. The molecule has 0 aliphatic heterocycles. The standard InChI is InChI=1S/C15H19N5S/c1-4-16-15(21)19-18-10-13-9-11(2)20(12(13)3)14-7-5-6-8-17-14/h5-10H,4H2,1-3H3,(H2,16,19,21). The molecule has 0 aliphatic rings. The Morgan fingerprint density at radius 3 is 2.90 bits per heavy atom. The molecule has 0 atom stereocenters. The van der Waals surface area contributed by atoms with E-state index in [0.29, 0.717) is 5.11 Å². The van der Waals surface area contributed by atoms with Gasteiger partial charge in [0.25, 0.3) is 0 Å². The first kappa shape index (κ1) is 15.2. The molecule has 0 saturated carbocycles. The van der Waals surface area contributed by atoms with Crippen molar-refractivity contribution in [3.63, 3.8) is 0 Å². The van der Waals surface area contributed by atoms with Gasteiger partial charge in [0.05, 0.1) is 6.21 Å². The summed E-state index contributed by atoms with van der Waals surface area (Å²) in [7, 11) is 0. The summed E-state index contributed by atoms with van der Waals surface area (Å²) in [6.07, 6.45) is 3.56. The number of hydrogen-bond donors (Lipinski definition) is 2. The lowest BCUT2D eigenvalue weighted by Gasteiger charge is -2.07. The van der Waals surface area contributed by atoms with Gasteiger partial charge in [0.15, 0.2) is 5.11 Å². The smallest absolute Gasteiger partial charge is 0.186 e. The zero-order valence-electron chi connectivity index (χ0n) is 12.4. The molecule has 0 fully saturated rings. The SMILES string of the molecule is CCNC(=S)NN=Cc1cc(C)n(-c2ccccn2)c1C. The third kappa shape index (κ3) is 3.66. The number of thiocarbonyl (C=S) groups is 1. The second-order valence-corrected chi connectivity index (χ2v) is 4.99. The summed E-state index contributed by atoms with van der Waals surface area (Å²) in [6, 6.07) is 7.95. The van der Waals surface area contributed by atoms with Crippen molar-refractivity contribution in [2.24, 2.45) is 5.10 Å². The summed E-state index contributed by atoms with van der Waals surface area (Å²) in [6.45, 7) is 6.86. The Bertz CT molecular complexity index is 646. The van der Waals surface area contributed by atoms with Crippen molar-refractivity contribution in [1.82, 2.24) is 20.3 Å². The van der Waals surface area contributed by atoms with Crippen LogP contribution < -0.4 is 10.7 Å². The minimum absolute atomic E-state index is 0.521. The first-order valence-electron chi connectivity index (χ1n) is 6.80. The highest BCUT2D eigenvalue weighted by molar-refractivity contribution is 7.80. The highest BCUT2D eigenvalue weighted by atomic mass is 32.1. The van der Waals surface area contributed by atoms with Gasteiger partial charge in [-0.1, -0.05) is 6.07 Å². The fourth-order valence-electron chi connectivity index (χ4n) is 2.12. The maximum atomic E-state index is 5.06. The fourth-order valence-corrected chi connectivity index (χ4v) is 2.31. The van der Waals surface area contributed by atoms with E-state index in [-0.39, 0.29) is 0 Å². The number of nitrogens with zero attached hydrogens (tertiary/aromatic N) is 3. The van der Waals surface area contributed by atoms with Crippen LogP contribution in [0.1, 0.15) is 23.9 Å². The van der Waals surface area contributed by atoms with Crippen LogP contribution in [0.3, 0.4) is 0 Å². The molecule has 0 aliphatic carbocycles. The van der Waals surface area contributed by atoms with Crippen molar-refractivity contribution in [1.29, 1.82) is 0 Å². The minimum atomic E-state index is 0.521. The van der Waals surface area contributed by atoms with Crippen molar-refractivity contribution in [3.8, 4) is 5.82 Å². The number of hydrogen-bond acceptors (Lipinski definition) is 3. The molecule has 0 amide bonds. The Morgan fingerprint density at radius 2 is 2.24 bits per heavy atom. The number of aromatic nitrogens is 2. The van der Waals surface area contributed by atoms with E-state index < -0.39 is 0 Å². The first-order chi connectivity index (χ1) is 10.1. The zero-order valence-corrected chi connectivity index (χ0v) is 13.2. The summed E-state index contributed by atoms with van der Waals surface area (Å²) >= 11 is 5.06. The molecule has 0 spiro atoms. The van der Waals surface area contributed by atoms with E-state index in [2.05, 4.69) is 38.4 Å². The van der Waals surface area contributed by atoms with Crippen LogP contribution >= 0.6 is 12.2 Å². The lowest BCUT2D eigenvalue weighted by molar-refractivity contribution is 0.903. The van der Waals surface area contributed by atoms with Crippen LogP contribution in [-0.4, -0.2) is 27.4 Å². The predicted octanol–water partition coefficient (Wildman–Crippen LogP) is 2.31. The molecular formula is C15H19N5S. The quantitative estimate of drug-likeness (QED) is 0.517. The summed E-state index contributed by atoms with van der Waals surface area (Å²) in [5, 5.41) is 7.66. The average molecular weight is 301 g/mol. The van der Waals surface area contributed by atoms with Crippen molar-refractivity contribution in [2.75, 3.05) is 6.54 Å². The molecule has 2 rings (SSSR count). The molecule has 0 bridgehead atoms. The Hall–Kier alpha value is -2.21. The lowest BCUT2D eigenvalue weighted by Crippen LogP contribution is -2.31. The predicted molar refractivity (Wildman–Crippen MR) is 90.0 cm³/mol. The van der Waals surface area contributed by atoms with Crippen molar-refractivity contribution in [2.45, 2.75) is 20.8 Å². The van der Waals surface area contributed by atoms with E-state index in [0.717, 1.165) is 29.3 Å². The first-order valence-corrected chi connectivity index (χ1v) is 7.21. The van der Waals surface area contributed by atoms with Gasteiger partial charge in [0.1, 0.15) is 5.82 Å². The molecular weight excluding hydrogens is 282 g/mol. The van der Waals surface area contributed by atoms with Crippen molar-refractivity contribution in [3.05, 3.63) is 47.4 Å². The van der Waals surface area contributed by atoms with E-state index in [4.69, 9.17) is 12.2 Å². The topological polar surface area (TPSA) is 54.2 Å². The maximum absolute atomic E-state index is 5.06. The largest absolute Gasteiger partial charge is 0.362 e. The molecule has 2 heterocycles. The van der Waals surface area contributed by atoms with Gasteiger partial charge in [0.2, 0.25) is 0 Å². The minimum Gasteiger partial charge on any atom is -0.362 e. The van der Waals surface area contributed by atoms with Gasteiger partial charge in [0, 0.05) is 29.7 Å². The number of nitrogens with one attached hydrogen (secondary N) is 2. The van der Waals surface area contributed by atoms with Gasteiger partial charge >= 0.3 is 0 Å². The van der Waals surface area contributed by atoms with Gasteiger partial charge in [-0.25, -0.2) is 4.98 Å². The molecule has 0 unspecified atom stereocenters. The van der Waals surface area contributed by atoms with Gasteiger partial charge in [-0.3, -0.25) is 5.43 Å². The Morgan fingerprint density at radius 1 is 1.43 bits per heavy atom. The number of aryl methyl sites for hydroxylation is 1. The highest BCUT2D eigenvalue weighted by Gasteiger charge is 2.09. The van der Waals surface area contributed by atoms with Crippen LogP contribution in [0, 0.1) is 13.8 Å². The van der Waals surface area contributed by atoms with Gasteiger partial charge in [-0.15, -0.1) is 0 Å². The second-order valence-electron chi connectivity index (χ2n) is 4.58. The Balaban J connectivity index is 2.20. The number of rotatable bonds is 4. The normalized spacial score (nSPS) is 10.8. The highest BCUT2D eigenvalue weighted by Crippen LogP contribution is 2.17. The van der Waals surface area contributed by atoms with E-state index in [9.17, 15) is 0 Å². The molecule has 2 aromatic rings. The molecule has 0 radical (unpaired) electrons. The second kappa shape index (κ2) is 6.99. The van der Waals surface area contributed by atoms with Crippen molar-refractivity contribution >= 4 is 23.5 Å². The van der Waals surface area contributed by atoms with Crippen LogP contribution in [0.2, 0.25) is 0 Å². The van der Waals surface area contributed by atoms with Crippen LogP contribution in [0.5, 0.6) is 0 Å². The van der Waals surface area contributed by atoms with Crippen molar-refractivity contribution < 1.29 is 0 Å².